The molecule has 14 rings (SSSR count). The quantitative estimate of drug-likeness (QED) is 0.0398. The molecule has 6 aromatic carbocycles. The Bertz CT molecular complexity index is 3800. The summed E-state index contributed by atoms with van der Waals surface area (Å²) in [5.41, 5.74) is 2.92. The van der Waals surface area contributed by atoms with Crippen molar-refractivity contribution in [2.45, 2.75) is 255 Å². The van der Waals surface area contributed by atoms with Gasteiger partial charge in [-0.15, -0.1) is 0 Å². The monoisotopic (exact) mass is 1520 g/mol. The lowest BCUT2D eigenvalue weighted by atomic mass is 9.79. The second-order valence-corrected chi connectivity index (χ2v) is 31.1. The van der Waals surface area contributed by atoms with Crippen molar-refractivity contribution in [1.82, 2.24) is 0 Å². The fourth-order valence-corrected chi connectivity index (χ4v) is 16.3. The molecule has 0 aromatic heterocycles. The topological polar surface area (TPSA) is 251 Å². The number of hydrogen-bond donors (Lipinski definition) is 2. The van der Waals surface area contributed by atoms with Crippen LogP contribution in [-0.2, 0) is 137 Å². The van der Waals surface area contributed by atoms with Gasteiger partial charge in [-0.2, -0.15) is 0 Å². The van der Waals surface area contributed by atoms with Crippen molar-refractivity contribution in [2.75, 3.05) is 33.0 Å². The van der Waals surface area contributed by atoms with Gasteiger partial charge in [0, 0.05) is 36.2 Å². The lowest BCUT2D eigenvalue weighted by molar-refractivity contribution is -0.414. The second-order valence-electron chi connectivity index (χ2n) is 31.1. The van der Waals surface area contributed by atoms with Crippen LogP contribution in [0.25, 0.3) is 0 Å². The highest BCUT2D eigenvalue weighted by Crippen LogP contribution is 2.50. The lowest BCUT2D eigenvalue weighted by Gasteiger charge is -2.56. The molecule has 0 spiro atoms. The summed E-state index contributed by atoms with van der Waals surface area (Å²) >= 11 is 0. The van der Waals surface area contributed by atoms with E-state index in [4.69, 9.17) is 99.5 Å². The summed E-state index contributed by atoms with van der Waals surface area (Å²) in [4.78, 5) is 13.3. The van der Waals surface area contributed by atoms with Crippen LogP contribution in [0.5, 0.6) is 0 Å². The van der Waals surface area contributed by atoms with Gasteiger partial charge in [-0.1, -0.05) is 210 Å². The van der Waals surface area contributed by atoms with Crippen LogP contribution in [0.15, 0.2) is 182 Å². The summed E-state index contributed by atoms with van der Waals surface area (Å²) in [5, 5.41) is 23.4. The highest BCUT2D eigenvalue weighted by Gasteiger charge is 2.64. The lowest BCUT2D eigenvalue weighted by Crippen LogP contribution is -2.69. The normalized spacial score (nSPS) is 38.2. The number of carbonyl (C=O) groups is 1. The van der Waals surface area contributed by atoms with Crippen LogP contribution in [0.1, 0.15) is 109 Å². The van der Waals surface area contributed by atoms with E-state index in [1.54, 1.807) is 0 Å². The largest absolute Gasteiger partial charge is 0.457 e. The third-order valence-electron chi connectivity index (χ3n) is 22.6. The smallest absolute Gasteiger partial charge is 0.303 e. The van der Waals surface area contributed by atoms with Gasteiger partial charge in [-0.05, 0) is 62.4 Å². The summed E-state index contributed by atoms with van der Waals surface area (Å²) in [5.74, 6) is -3.70. The van der Waals surface area contributed by atoms with Crippen molar-refractivity contribution in [3.63, 3.8) is 0 Å². The molecule has 0 amide bonds. The zero-order valence-corrected chi connectivity index (χ0v) is 64.3. The van der Waals surface area contributed by atoms with Crippen molar-refractivity contribution in [3.8, 4) is 0 Å². The molecule has 8 fully saturated rings. The van der Waals surface area contributed by atoms with Crippen molar-refractivity contribution in [3.05, 3.63) is 215 Å². The molecule has 24 heteroatoms. The number of ether oxygens (including phenoxy) is 21. The van der Waals surface area contributed by atoms with Gasteiger partial charge in [0.1, 0.15) is 66.1 Å². The minimum Gasteiger partial charge on any atom is -0.457 e. The molecule has 596 valence electrons. The van der Waals surface area contributed by atoms with E-state index in [9.17, 15) is 15.0 Å². The van der Waals surface area contributed by atoms with Crippen LogP contribution in [0.4, 0.5) is 0 Å². The molecule has 8 aliphatic heterocycles. The molecule has 110 heavy (non-hydrogen) atoms. The highest BCUT2D eigenvalue weighted by molar-refractivity contribution is 5.66. The predicted molar refractivity (Wildman–Crippen MR) is 395 cm³/mol. The number of hydrogen-bond acceptors (Lipinski definition) is 24. The third kappa shape index (κ3) is 18.5. The first-order valence-electron chi connectivity index (χ1n) is 38.8. The van der Waals surface area contributed by atoms with Gasteiger partial charge >= 0.3 is 5.97 Å². The Balaban J connectivity index is 0.821. The van der Waals surface area contributed by atoms with E-state index in [0.717, 1.165) is 33.4 Å². The zero-order valence-electron chi connectivity index (χ0n) is 64.3. The Morgan fingerprint density at radius 1 is 0.473 bits per heavy atom. The van der Waals surface area contributed by atoms with Crippen LogP contribution in [0.2, 0.25) is 0 Å². The predicted octanol–water partition coefficient (Wildman–Crippen LogP) is 11.0. The number of fused-ring (bicyclic) bond motifs is 2. The van der Waals surface area contributed by atoms with Crippen LogP contribution >= 0.6 is 0 Å². The minimum atomic E-state index is -1.82. The molecule has 24 nitrogen and oxygen atoms in total. The molecular weight excluding hydrogens is 1420 g/mol. The molecule has 0 saturated carbocycles. The molecule has 0 aliphatic carbocycles. The zero-order chi connectivity index (χ0) is 76.7. The van der Waals surface area contributed by atoms with Crippen LogP contribution in [0, 0.1) is 23.7 Å². The molecule has 0 radical (unpaired) electrons. The van der Waals surface area contributed by atoms with Crippen molar-refractivity contribution >= 4 is 5.97 Å². The Kier molecular flexibility index (Phi) is 26.5. The average Bonchev–Trinajstić information content (AvgIpc) is 0.998. The van der Waals surface area contributed by atoms with Gasteiger partial charge < -0.3 is 110 Å². The van der Waals surface area contributed by atoms with Crippen LogP contribution < -0.4 is 0 Å². The molecule has 2 N–H and O–H groups in total. The Hall–Kier alpha value is -6.09. The van der Waals surface area contributed by atoms with Crippen LogP contribution in [-0.4, -0.2) is 196 Å². The van der Waals surface area contributed by atoms with Crippen molar-refractivity contribution < 1.29 is 114 Å². The molecule has 8 saturated heterocycles. The maximum atomic E-state index is 13.3. The number of benzene rings is 6. The first-order valence-corrected chi connectivity index (χ1v) is 38.8. The van der Waals surface area contributed by atoms with Crippen molar-refractivity contribution in [2.24, 2.45) is 23.7 Å². The number of aliphatic hydroxyl groups excluding tert-OH is 2. The summed E-state index contributed by atoms with van der Waals surface area (Å²) in [6, 6.07) is 59.4. The van der Waals surface area contributed by atoms with E-state index in [-0.39, 0.29) is 64.7 Å². The van der Waals surface area contributed by atoms with Crippen molar-refractivity contribution in [1.29, 1.82) is 0 Å². The molecule has 8 heterocycles. The fraction of sp³-hybridized carbons (Fsp3) is 0.570. The van der Waals surface area contributed by atoms with E-state index in [0.29, 0.717) is 6.61 Å². The van der Waals surface area contributed by atoms with Gasteiger partial charge in [-0.3, -0.25) is 4.79 Å². The number of rotatable bonds is 30. The maximum absolute atomic E-state index is 13.3. The maximum Gasteiger partial charge on any atom is 0.303 e. The molecule has 8 aliphatic rings. The molecule has 10 unspecified atom stereocenters. The van der Waals surface area contributed by atoms with E-state index in [1.807, 2.05) is 244 Å². The van der Waals surface area contributed by atoms with Gasteiger partial charge in [-0.25, -0.2) is 0 Å². The van der Waals surface area contributed by atoms with Gasteiger partial charge in [0.15, 0.2) is 55.9 Å². The Morgan fingerprint density at radius 2 is 1.00 bits per heavy atom. The Labute approximate surface area is 644 Å². The summed E-state index contributed by atoms with van der Waals surface area (Å²) in [7, 11) is 0. The fourth-order valence-electron chi connectivity index (χ4n) is 16.3. The second kappa shape index (κ2) is 36.2. The molecular formula is C86H108O24. The van der Waals surface area contributed by atoms with Gasteiger partial charge in [0.25, 0.3) is 0 Å². The summed E-state index contributed by atoms with van der Waals surface area (Å²) < 4.78 is 145. The summed E-state index contributed by atoms with van der Waals surface area (Å²) in [6.07, 6.45) is -22.4. The highest BCUT2D eigenvalue weighted by atomic mass is 16.8. The first kappa shape index (κ1) is 80.5. The standard InChI is InChI=1S/C86H108O24/c1-51-42-95-81(73(94-47-62-37-25-15-26-38-62)66(51)102-83-76-86(50-96-83,49-91-44-59-31-19-12-20-32-59)110-80(106-76)63-39-27-16-28-40-63)105-75-56(6)98-79(104-72-71(70(99-57(7)88)64(41-87)100-77(72)89)103-82-74-68(52(2)55(5)97-82)107-84(8,9)108-74)54(4)85(75,10)109-78-53(3)67(92-45-60-33-21-13-22-34-60)69(93-46-61-35-23-14-24-36-61)65(101-78)48-90-43-58-29-17-11-18-30-58/h11-40,51-56,64-83,87,89H,41-50H2,1-10H3/t51-,52+,53-,54-,55?,56?,64?,65?,66?,67?,68+,69-,70+,71?,72-,73-,74?,75+,76?,77+,78+,79+,80+,81+,82+,83+,85?,86+/m1/s1. The molecule has 6 aromatic rings. The Morgan fingerprint density at radius 3 is 1.59 bits per heavy atom. The van der Waals surface area contributed by atoms with E-state index in [1.165, 1.54) is 6.92 Å². The third-order valence-corrected chi connectivity index (χ3v) is 22.6. The van der Waals surface area contributed by atoms with Gasteiger partial charge in [0.2, 0.25) is 0 Å². The number of esters is 1. The van der Waals surface area contributed by atoms with Crippen LogP contribution in [0.3, 0.4) is 0 Å². The van der Waals surface area contributed by atoms with E-state index in [2.05, 4.69) is 0 Å². The van der Waals surface area contributed by atoms with E-state index >= 15 is 0 Å². The molecule has 28 atom stereocenters. The minimum absolute atomic E-state index is 0.0644. The number of aliphatic hydroxyl groups is 2. The SMILES string of the molecule is CC(=O)O[C@H]1C(CO)O[C@H](O)[C@H](O[C@@H]2OC(C)[C@H](O[C@@H]3OC[C@@H](C)C(O[C@@H]4OC[C@]5(COCc6ccccc6)O[C@@H](c6ccccc6)OC45)[C@H]3OCc3ccccc3)C(C)(O[C@@H]3OC(COCc4ccccc4)[C@@H](OCc4ccccc4)C(OCc4ccccc4)[C@H]3C)[C@@H]2C)C1O[C@@H]1OC(C)[C@H](C)[C@@H]2OC(C)(C)OC12. The molecule has 0 bridgehead atoms. The summed E-state index contributed by atoms with van der Waals surface area (Å²) in [6.45, 7) is 19.4. The number of carbonyl (C=O) groups excluding carboxylic acids is 1. The average molecular weight is 1530 g/mol. The van der Waals surface area contributed by atoms with Gasteiger partial charge in [0.05, 0.1) is 96.6 Å². The first-order chi connectivity index (χ1) is 53.2. The van der Waals surface area contributed by atoms with E-state index < -0.39 is 177 Å².